The lowest BCUT2D eigenvalue weighted by molar-refractivity contribution is -0.144. The van der Waals surface area contributed by atoms with E-state index >= 15 is 0 Å². The second kappa shape index (κ2) is 9.10. The Kier molecular flexibility index (Phi) is 6.11. The maximum absolute atomic E-state index is 13.0. The Morgan fingerprint density at radius 2 is 1.94 bits per heavy atom. The van der Waals surface area contributed by atoms with Crippen molar-refractivity contribution >= 4 is 11.6 Å². The smallest absolute Gasteiger partial charge is 0.255 e. The Hall–Kier alpha value is -3.22. The van der Waals surface area contributed by atoms with Crippen molar-refractivity contribution in [2.45, 2.75) is 56.7 Å². The van der Waals surface area contributed by atoms with Gasteiger partial charge in [-0.2, -0.15) is 0 Å². The van der Waals surface area contributed by atoms with Crippen LogP contribution in [0.3, 0.4) is 0 Å². The van der Waals surface area contributed by atoms with Crippen LogP contribution in [0.4, 0.5) is 5.69 Å². The van der Waals surface area contributed by atoms with Crippen molar-refractivity contribution in [3.8, 4) is 5.75 Å². The standard InChI is InChI=1S/C29H32N2O4/c1-3-28-18-26(32)29(34,21-8-5-4-6-9-21)17-22(28)13-15-35-25-16-20(11-12-23(25)28)27(33)31-24-10-7-14-30-19(24)2/h4-12,14,16,22,26,32,34H,3,13,15,17-18H2,1-2H3,(H,31,33). The summed E-state index contributed by atoms with van der Waals surface area (Å²) >= 11 is 0. The van der Waals surface area contributed by atoms with Crippen LogP contribution in [0.15, 0.2) is 66.9 Å². The van der Waals surface area contributed by atoms with Crippen molar-refractivity contribution in [3.63, 3.8) is 0 Å². The van der Waals surface area contributed by atoms with Crippen LogP contribution < -0.4 is 10.1 Å². The molecule has 4 atom stereocenters. The first kappa shape index (κ1) is 23.5. The van der Waals surface area contributed by atoms with Gasteiger partial charge in [-0.3, -0.25) is 9.78 Å². The Balaban J connectivity index is 1.48. The Bertz CT molecular complexity index is 1230. The average Bonchev–Trinajstić information content (AvgIpc) is 3.02. The quantitative estimate of drug-likeness (QED) is 0.511. The average molecular weight is 473 g/mol. The molecule has 182 valence electrons. The lowest BCUT2D eigenvalue weighted by Gasteiger charge is -2.52. The molecule has 6 heteroatoms. The number of pyridine rings is 1. The van der Waals surface area contributed by atoms with Gasteiger partial charge in [0, 0.05) is 22.7 Å². The van der Waals surface area contributed by atoms with Crippen molar-refractivity contribution in [2.24, 2.45) is 5.92 Å². The summed E-state index contributed by atoms with van der Waals surface area (Å²) in [6.07, 6.45) is 3.23. The summed E-state index contributed by atoms with van der Waals surface area (Å²) in [6, 6.07) is 18.7. The van der Waals surface area contributed by atoms with E-state index in [1.165, 1.54) is 0 Å². The van der Waals surface area contributed by atoms with E-state index < -0.39 is 11.7 Å². The number of aryl methyl sites for hydroxylation is 1. The molecular formula is C29H32N2O4. The number of aromatic nitrogens is 1. The molecule has 2 aliphatic rings. The van der Waals surface area contributed by atoms with Gasteiger partial charge in [0.25, 0.3) is 5.91 Å². The van der Waals surface area contributed by atoms with Gasteiger partial charge < -0.3 is 20.3 Å². The molecule has 3 aromatic rings. The monoisotopic (exact) mass is 472 g/mol. The SMILES string of the molecule is CCC12CC(O)C(O)(c3ccccc3)CC1CCOc1cc(C(=O)Nc3cccnc3C)ccc12. The van der Waals surface area contributed by atoms with E-state index in [-0.39, 0.29) is 17.2 Å². The van der Waals surface area contributed by atoms with Gasteiger partial charge in [0.15, 0.2) is 0 Å². The normalized spacial score (nSPS) is 27.7. The molecule has 0 spiro atoms. The number of nitrogens with one attached hydrogen (secondary N) is 1. The summed E-state index contributed by atoms with van der Waals surface area (Å²) in [4.78, 5) is 17.2. The number of hydrogen-bond donors (Lipinski definition) is 3. The molecule has 1 aliphatic carbocycles. The third-order valence-electron chi connectivity index (χ3n) is 8.11. The number of aliphatic hydroxyl groups is 2. The molecule has 1 fully saturated rings. The second-order valence-electron chi connectivity index (χ2n) is 9.86. The van der Waals surface area contributed by atoms with Gasteiger partial charge in [-0.1, -0.05) is 43.3 Å². The number of benzene rings is 2. The minimum Gasteiger partial charge on any atom is -0.493 e. The largest absolute Gasteiger partial charge is 0.493 e. The minimum absolute atomic E-state index is 0.125. The molecule has 0 saturated heterocycles. The van der Waals surface area contributed by atoms with Crippen LogP contribution in [-0.2, 0) is 11.0 Å². The van der Waals surface area contributed by atoms with Crippen LogP contribution in [0, 0.1) is 12.8 Å². The summed E-state index contributed by atoms with van der Waals surface area (Å²) in [5.41, 5.74) is 2.05. The number of carbonyl (C=O) groups excluding carboxylic acids is 1. The molecule has 6 nitrogen and oxygen atoms in total. The first-order chi connectivity index (χ1) is 16.9. The van der Waals surface area contributed by atoms with Crippen LogP contribution in [0.5, 0.6) is 5.75 Å². The number of aliphatic hydroxyl groups excluding tert-OH is 1. The molecular weight excluding hydrogens is 440 g/mol. The van der Waals surface area contributed by atoms with Gasteiger partial charge in [0.1, 0.15) is 11.4 Å². The Morgan fingerprint density at radius 3 is 2.69 bits per heavy atom. The maximum atomic E-state index is 13.0. The van der Waals surface area contributed by atoms with E-state index in [0.717, 1.165) is 29.7 Å². The van der Waals surface area contributed by atoms with E-state index in [1.54, 1.807) is 18.3 Å². The van der Waals surface area contributed by atoms with Gasteiger partial charge >= 0.3 is 0 Å². The zero-order valence-corrected chi connectivity index (χ0v) is 20.2. The van der Waals surface area contributed by atoms with Crippen molar-refractivity contribution in [1.29, 1.82) is 0 Å². The molecule has 1 aliphatic heterocycles. The number of ether oxygens (including phenoxy) is 1. The highest BCUT2D eigenvalue weighted by Crippen LogP contribution is 2.56. The zero-order valence-electron chi connectivity index (χ0n) is 20.2. The van der Waals surface area contributed by atoms with Crippen LogP contribution in [0.2, 0.25) is 0 Å². The summed E-state index contributed by atoms with van der Waals surface area (Å²) in [6.45, 7) is 4.48. The fraction of sp³-hybridized carbons (Fsp3) is 0.379. The minimum atomic E-state index is -1.30. The highest BCUT2D eigenvalue weighted by molar-refractivity contribution is 6.04. The van der Waals surface area contributed by atoms with Crippen LogP contribution in [-0.4, -0.2) is 33.8 Å². The molecule has 35 heavy (non-hydrogen) atoms. The van der Waals surface area contributed by atoms with Crippen LogP contribution in [0.25, 0.3) is 0 Å². The second-order valence-corrected chi connectivity index (χ2v) is 9.86. The van der Waals surface area contributed by atoms with Gasteiger partial charge in [0.2, 0.25) is 0 Å². The predicted molar refractivity (Wildman–Crippen MR) is 135 cm³/mol. The fourth-order valence-electron chi connectivity index (χ4n) is 6.07. The summed E-state index contributed by atoms with van der Waals surface area (Å²) in [5.74, 6) is 0.586. The van der Waals surface area contributed by atoms with Gasteiger partial charge in [0.05, 0.1) is 24.1 Å². The van der Waals surface area contributed by atoms with Gasteiger partial charge in [-0.15, -0.1) is 0 Å². The number of anilines is 1. The number of fused-ring (bicyclic) bond motifs is 3. The highest BCUT2D eigenvalue weighted by Gasteiger charge is 2.55. The van der Waals surface area contributed by atoms with E-state index in [2.05, 4.69) is 17.2 Å². The van der Waals surface area contributed by atoms with E-state index in [0.29, 0.717) is 36.4 Å². The molecule has 0 radical (unpaired) electrons. The number of nitrogens with zero attached hydrogens (tertiary/aromatic N) is 1. The molecule has 5 rings (SSSR count). The van der Waals surface area contributed by atoms with E-state index in [9.17, 15) is 15.0 Å². The summed E-state index contributed by atoms with van der Waals surface area (Å²) in [5, 5.41) is 25.9. The van der Waals surface area contributed by atoms with Crippen LogP contribution >= 0.6 is 0 Å². The van der Waals surface area contributed by atoms with Crippen molar-refractivity contribution in [2.75, 3.05) is 11.9 Å². The van der Waals surface area contributed by atoms with Crippen molar-refractivity contribution in [3.05, 3.63) is 89.2 Å². The first-order valence-corrected chi connectivity index (χ1v) is 12.3. The lowest BCUT2D eigenvalue weighted by atomic mass is 9.55. The summed E-state index contributed by atoms with van der Waals surface area (Å²) in [7, 11) is 0. The molecule has 1 amide bonds. The first-order valence-electron chi connectivity index (χ1n) is 12.3. The third-order valence-corrected chi connectivity index (χ3v) is 8.11. The van der Waals surface area contributed by atoms with Crippen molar-refractivity contribution in [1.82, 2.24) is 4.98 Å². The van der Waals surface area contributed by atoms with E-state index in [1.807, 2.05) is 55.5 Å². The molecule has 2 aromatic carbocycles. The van der Waals surface area contributed by atoms with Gasteiger partial charge in [-0.25, -0.2) is 0 Å². The Morgan fingerprint density at radius 1 is 1.14 bits per heavy atom. The zero-order chi connectivity index (χ0) is 24.6. The number of amides is 1. The third kappa shape index (κ3) is 4.01. The predicted octanol–water partition coefficient (Wildman–Crippen LogP) is 4.73. The molecule has 0 bridgehead atoms. The van der Waals surface area contributed by atoms with Crippen molar-refractivity contribution < 1.29 is 19.7 Å². The Labute approximate surface area is 206 Å². The lowest BCUT2D eigenvalue weighted by Crippen LogP contribution is -2.54. The van der Waals surface area contributed by atoms with Gasteiger partial charge in [-0.05, 0) is 68.4 Å². The number of rotatable bonds is 4. The number of carbonyl (C=O) groups is 1. The number of hydrogen-bond acceptors (Lipinski definition) is 5. The van der Waals surface area contributed by atoms with E-state index in [4.69, 9.17) is 4.74 Å². The fourth-order valence-corrected chi connectivity index (χ4v) is 6.07. The molecule has 3 N–H and O–H groups in total. The molecule has 4 unspecified atom stereocenters. The van der Waals surface area contributed by atoms with Crippen LogP contribution in [0.1, 0.15) is 59.8 Å². The highest BCUT2D eigenvalue weighted by atomic mass is 16.5. The topological polar surface area (TPSA) is 91.7 Å². The molecule has 1 saturated carbocycles. The summed E-state index contributed by atoms with van der Waals surface area (Å²) < 4.78 is 6.19. The molecule has 1 aromatic heterocycles. The molecule has 2 heterocycles. The maximum Gasteiger partial charge on any atom is 0.255 e.